The number of aliphatic carboxylic acids is 1. The molecule has 0 saturated carbocycles. The lowest BCUT2D eigenvalue weighted by Gasteiger charge is -2.32. The number of ether oxygens (including phenoxy) is 1. The van der Waals surface area contributed by atoms with E-state index in [0.29, 0.717) is 53.6 Å². The van der Waals surface area contributed by atoms with E-state index in [1.54, 1.807) is 36.1 Å². The molecule has 4 rings (SSSR count). The molecular weight excluding hydrogens is 451 g/mol. The first-order chi connectivity index (χ1) is 15.7. The fraction of sp³-hybridized carbons (Fsp3) is 0.292. The Bertz CT molecular complexity index is 1280. The Morgan fingerprint density at radius 3 is 2.55 bits per heavy atom. The van der Waals surface area contributed by atoms with Gasteiger partial charge < -0.3 is 19.7 Å². The summed E-state index contributed by atoms with van der Waals surface area (Å²) in [5, 5.41) is 10.3. The average Bonchev–Trinajstić information content (AvgIpc) is 2.79. The molecule has 0 spiro atoms. The SMILES string of the molecule is C[C@@H](Oc1ccc2c(-c3ccc(F)cc3Cl)c[nH]c(=O)c2c1)C(=O)N1CCC(C(=O)O)CC1. The Morgan fingerprint density at radius 2 is 1.88 bits per heavy atom. The van der Waals surface area contributed by atoms with Crippen molar-refractivity contribution < 1.29 is 23.8 Å². The topological polar surface area (TPSA) is 99.7 Å². The van der Waals surface area contributed by atoms with Gasteiger partial charge in [-0.1, -0.05) is 11.6 Å². The van der Waals surface area contributed by atoms with Crippen LogP contribution in [-0.2, 0) is 9.59 Å². The van der Waals surface area contributed by atoms with Crippen molar-refractivity contribution in [3.05, 3.63) is 63.8 Å². The van der Waals surface area contributed by atoms with E-state index < -0.39 is 23.8 Å². The number of hydrogen-bond donors (Lipinski definition) is 2. The molecule has 1 amide bonds. The third kappa shape index (κ3) is 4.71. The molecule has 0 unspecified atom stereocenters. The summed E-state index contributed by atoms with van der Waals surface area (Å²) in [6.45, 7) is 2.35. The van der Waals surface area contributed by atoms with Crippen LogP contribution in [0.25, 0.3) is 21.9 Å². The zero-order chi connectivity index (χ0) is 23.7. The number of amides is 1. The van der Waals surface area contributed by atoms with E-state index in [0.717, 1.165) is 0 Å². The number of carboxylic acids is 1. The van der Waals surface area contributed by atoms with Gasteiger partial charge in [0.1, 0.15) is 11.6 Å². The normalized spacial score (nSPS) is 15.4. The molecule has 1 saturated heterocycles. The van der Waals surface area contributed by atoms with E-state index in [1.807, 2.05) is 0 Å². The van der Waals surface area contributed by atoms with E-state index >= 15 is 0 Å². The number of aromatic nitrogens is 1. The van der Waals surface area contributed by atoms with Crippen LogP contribution in [0.5, 0.6) is 5.75 Å². The number of carbonyl (C=O) groups is 2. The molecule has 172 valence electrons. The first-order valence-corrected chi connectivity index (χ1v) is 10.9. The van der Waals surface area contributed by atoms with Crippen molar-refractivity contribution in [3.8, 4) is 16.9 Å². The minimum Gasteiger partial charge on any atom is -0.481 e. The van der Waals surface area contributed by atoms with E-state index in [-0.39, 0.29) is 16.5 Å². The van der Waals surface area contributed by atoms with E-state index in [9.17, 15) is 18.8 Å². The second-order valence-electron chi connectivity index (χ2n) is 8.06. The maximum Gasteiger partial charge on any atom is 0.306 e. The molecule has 9 heteroatoms. The van der Waals surface area contributed by atoms with Gasteiger partial charge in [-0.25, -0.2) is 4.39 Å². The maximum atomic E-state index is 13.5. The number of aromatic amines is 1. The first kappa shape index (κ1) is 22.8. The molecular formula is C24H22ClFN2O5. The van der Waals surface area contributed by atoms with Gasteiger partial charge in [0, 0.05) is 30.4 Å². The van der Waals surface area contributed by atoms with Gasteiger partial charge in [0.2, 0.25) is 0 Å². The smallest absolute Gasteiger partial charge is 0.306 e. The van der Waals surface area contributed by atoms with Crippen LogP contribution >= 0.6 is 11.6 Å². The van der Waals surface area contributed by atoms with Crippen molar-refractivity contribution >= 4 is 34.2 Å². The standard InChI is InChI=1S/C24H22ClFN2O5/c1-13(23(30)28-8-6-14(7-9-28)24(31)32)33-16-3-5-17-19(11-16)22(29)27-12-20(17)18-4-2-15(26)10-21(18)25/h2-5,10-14H,6-9H2,1H3,(H,27,29)(H,31,32)/t13-/m1/s1. The summed E-state index contributed by atoms with van der Waals surface area (Å²) in [6.07, 6.45) is 1.54. The van der Waals surface area contributed by atoms with Crippen LogP contribution in [0.1, 0.15) is 19.8 Å². The lowest BCUT2D eigenvalue weighted by Crippen LogP contribution is -2.45. The van der Waals surface area contributed by atoms with Crippen molar-refractivity contribution in [1.29, 1.82) is 0 Å². The van der Waals surface area contributed by atoms with E-state index in [4.69, 9.17) is 21.4 Å². The van der Waals surface area contributed by atoms with E-state index in [2.05, 4.69) is 4.98 Å². The molecule has 0 aliphatic carbocycles. The van der Waals surface area contributed by atoms with Crippen LogP contribution in [0.3, 0.4) is 0 Å². The number of nitrogens with zero attached hydrogens (tertiary/aromatic N) is 1. The zero-order valence-electron chi connectivity index (χ0n) is 17.8. The number of benzene rings is 2. The van der Waals surface area contributed by atoms with Gasteiger partial charge >= 0.3 is 5.97 Å². The van der Waals surface area contributed by atoms with E-state index in [1.165, 1.54) is 18.3 Å². The number of nitrogens with one attached hydrogen (secondary N) is 1. The van der Waals surface area contributed by atoms with Gasteiger partial charge in [-0.3, -0.25) is 14.4 Å². The van der Waals surface area contributed by atoms with Gasteiger partial charge in [0.25, 0.3) is 11.5 Å². The Labute approximate surface area is 193 Å². The summed E-state index contributed by atoms with van der Waals surface area (Å²) >= 11 is 6.21. The van der Waals surface area contributed by atoms with Crippen LogP contribution in [0.15, 0.2) is 47.4 Å². The number of carboxylic acid groups (broad SMARTS) is 1. The fourth-order valence-corrected chi connectivity index (χ4v) is 4.37. The van der Waals surface area contributed by atoms with Gasteiger partial charge in [-0.2, -0.15) is 0 Å². The third-order valence-electron chi connectivity index (χ3n) is 5.91. The molecule has 1 aromatic heterocycles. The van der Waals surface area contributed by atoms with Crippen LogP contribution in [-0.4, -0.2) is 46.1 Å². The number of rotatable bonds is 5. The Morgan fingerprint density at radius 1 is 1.15 bits per heavy atom. The Kier molecular flexibility index (Phi) is 6.37. The van der Waals surface area contributed by atoms with Gasteiger partial charge in [0.05, 0.1) is 16.3 Å². The Hall–Kier alpha value is -3.39. The molecule has 0 radical (unpaired) electrons. The van der Waals surface area contributed by atoms with Crippen molar-refractivity contribution in [2.45, 2.75) is 25.9 Å². The predicted octanol–water partition coefficient (Wildman–Crippen LogP) is 4.08. The minimum absolute atomic E-state index is 0.217. The van der Waals surface area contributed by atoms with Crippen molar-refractivity contribution in [2.75, 3.05) is 13.1 Å². The lowest BCUT2D eigenvalue weighted by atomic mass is 9.97. The zero-order valence-corrected chi connectivity index (χ0v) is 18.6. The number of fused-ring (bicyclic) bond motifs is 1. The van der Waals surface area contributed by atoms with Crippen molar-refractivity contribution in [2.24, 2.45) is 5.92 Å². The predicted molar refractivity (Wildman–Crippen MR) is 122 cm³/mol. The molecule has 1 atom stereocenters. The van der Waals surface area contributed by atoms with Gasteiger partial charge in [-0.05, 0) is 61.5 Å². The fourth-order valence-electron chi connectivity index (χ4n) is 4.10. The summed E-state index contributed by atoms with van der Waals surface area (Å²) in [7, 11) is 0. The quantitative estimate of drug-likeness (QED) is 0.583. The molecule has 2 N–H and O–H groups in total. The number of piperidine rings is 1. The summed E-state index contributed by atoms with van der Waals surface area (Å²) < 4.78 is 19.3. The number of hydrogen-bond acceptors (Lipinski definition) is 4. The molecule has 2 heterocycles. The molecule has 3 aromatic rings. The molecule has 33 heavy (non-hydrogen) atoms. The Balaban J connectivity index is 1.56. The average molecular weight is 473 g/mol. The maximum absolute atomic E-state index is 13.5. The highest BCUT2D eigenvalue weighted by Gasteiger charge is 2.30. The van der Waals surface area contributed by atoms with Gasteiger partial charge in [-0.15, -0.1) is 0 Å². The summed E-state index contributed by atoms with van der Waals surface area (Å²) in [5.41, 5.74) is 0.861. The second kappa shape index (κ2) is 9.23. The number of halogens is 2. The second-order valence-corrected chi connectivity index (χ2v) is 8.47. The summed E-state index contributed by atoms with van der Waals surface area (Å²) in [6, 6.07) is 8.95. The van der Waals surface area contributed by atoms with Gasteiger partial charge in [0.15, 0.2) is 6.10 Å². The largest absolute Gasteiger partial charge is 0.481 e. The van der Waals surface area contributed by atoms with Crippen LogP contribution in [0.4, 0.5) is 4.39 Å². The monoisotopic (exact) mass is 472 g/mol. The highest BCUT2D eigenvalue weighted by Crippen LogP contribution is 2.33. The number of H-pyrrole nitrogens is 1. The third-order valence-corrected chi connectivity index (χ3v) is 6.22. The highest BCUT2D eigenvalue weighted by molar-refractivity contribution is 6.33. The number of likely N-dealkylation sites (tertiary alicyclic amines) is 1. The highest BCUT2D eigenvalue weighted by atomic mass is 35.5. The first-order valence-electron chi connectivity index (χ1n) is 10.5. The number of carbonyl (C=O) groups excluding carboxylic acids is 1. The van der Waals surface area contributed by atoms with Crippen LogP contribution in [0, 0.1) is 11.7 Å². The van der Waals surface area contributed by atoms with Crippen molar-refractivity contribution in [3.63, 3.8) is 0 Å². The molecule has 1 aliphatic rings. The minimum atomic E-state index is -0.839. The van der Waals surface area contributed by atoms with Crippen LogP contribution in [0.2, 0.25) is 5.02 Å². The molecule has 1 fully saturated rings. The molecule has 1 aliphatic heterocycles. The molecule has 7 nitrogen and oxygen atoms in total. The molecule has 2 aromatic carbocycles. The number of pyridine rings is 1. The summed E-state index contributed by atoms with van der Waals surface area (Å²) in [4.78, 5) is 40.6. The summed E-state index contributed by atoms with van der Waals surface area (Å²) in [5.74, 6) is -1.62. The molecule has 0 bridgehead atoms. The lowest BCUT2D eigenvalue weighted by molar-refractivity contribution is -0.147. The van der Waals surface area contributed by atoms with Crippen molar-refractivity contribution in [1.82, 2.24) is 9.88 Å². The van der Waals surface area contributed by atoms with Crippen LogP contribution < -0.4 is 10.3 Å².